The lowest BCUT2D eigenvalue weighted by Gasteiger charge is -2.26. The van der Waals surface area contributed by atoms with Crippen molar-refractivity contribution >= 4 is 17.3 Å². The van der Waals surface area contributed by atoms with Crippen LogP contribution in [0.25, 0.3) is 0 Å². The van der Waals surface area contributed by atoms with Crippen LogP contribution in [-0.4, -0.2) is 19.1 Å². The Balaban J connectivity index is 1.74. The second-order valence-corrected chi connectivity index (χ2v) is 6.30. The fraction of sp³-hybridized carbons (Fsp3) is 0.625. The molecule has 0 atom stereocenters. The molecular formula is C16H23ClN2. The molecular weight excluding hydrogens is 256 g/mol. The number of nitrogens with one attached hydrogen (secondary N) is 1. The van der Waals surface area contributed by atoms with E-state index in [9.17, 15) is 0 Å². The van der Waals surface area contributed by atoms with Crippen molar-refractivity contribution in [2.45, 2.75) is 45.2 Å². The van der Waals surface area contributed by atoms with Crippen LogP contribution in [0.4, 0.5) is 5.69 Å². The first-order valence-corrected chi connectivity index (χ1v) is 7.91. The van der Waals surface area contributed by atoms with Gasteiger partial charge in [-0.3, -0.25) is 0 Å². The number of benzene rings is 1. The Hall–Kier alpha value is -0.730. The maximum Gasteiger partial charge on any atom is 0.0642 e. The van der Waals surface area contributed by atoms with E-state index in [-0.39, 0.29) is 0 Å². The Morgan fingerprint density at radius 1 is 1.26 bits per heavy atom. The average molecular weight is 279 g/mol. The van der Waals surface area contributed by atoms with E-state index in [1.165, 1.54) is 43.5 Å². The Bertz CT molecular complexity index is 438. The molecule has 0 spiro atoms. The van der Waals surface area contributed by atoms with Crippen LogP contribution >= 0.6 is 11.6 Å². The number of hydrogen-bond donors (Lipinski definition) is 1. The molecule has 19 heavy (non-hydrogen) atoms. The predicted octanol–water partition coefficient (Wildman–Crippen LogP) is 3.83. The van der Waals surface area contributed by atoms with Crippen molar-refractivity contribution in [3.8, 4) is 0 Å². The molecule has 104 valence electrons. The van der Waals surface area contributed by atoms with Crippen molar-refractivity contribution in [1.82, 2.24) is 5.32 Å². The van der Waals surface area contributed by atoms with Crippen LogP contribution in [0.2, 0.25) is 5.02 Å². The monoisotopic (exact) mass is 278 g/mol. The zero-order valence-corrected chi connectivity index (χ0v) is 12.4. The molecule has 0 radical (unpaired) electrons. The Labute approximate surface area is 121 Å². The molecule has 2 fully saturated rings. The zero-order valence-electron chi connectivity index (χ0n) is 11.7. The maximum atomic E-state index is 6.51. The molecule has 0 saturated heterocycles. The highest BCUT2D eigenvalue weighted by Gasteiger charge is 2.34. The molecule has 0 bridgehead atoms. The van der Waals surface area contributed by atoms with Crippen LogP contribution < -0.4 is 10.2 Å². The number of halogens is 1. The van der Waals surface area contributed by atoms with Gasteiger partial charge in [0.15, 0.2) is 0 Å². The summed E-state index contributed by atoms with van der Waals surface area (Å²) in [6.45, 7) is 5.23. The highest BCUT2D eigenvalue weighted by Crippen LogP contribution is 2.40. The van der Waals surface area contributed by atoms with Crippen LogP contribution in [-0.2, 0) is 6.54 Å². The standard InChI is InChI=1S/C16H23ClN2/c1-2-18-10-13-5-8-16(15(17)9-13)19(14-6-7-14)11-12-3-4-12/h5,8-9,12,14,18H,2-4,6-7,10-11H2,1H3. The van der Waals surface area contributed by atoms with Crippen molar-refractivity contribution < 1.29 is 0 Å². The maximum absolute atomic E-state index is 6.51. The van der Waals surface area contributed by atoms with E-state index in [2.05, 4.69) is 35.3 Å². The molecule has 1 N–H and O–H groups in total. The van der Waals surface area contributed by atoms with E-state index in [4.69, 9.17) is 11.6 Å². The molecule has 2 nitrogen and oxygen atoms in total. The molecule has 1 aromatic rings. The van der Waals surface area contributed by atoms with E-state index in [0.717, 1.165) is 30.1 Å². The van der Waals surface area contributed by atoms with Crippen LogP contribution in [0.15, 0.2) is 18.2 Å². The molecule has 0 amide bonds. The van der Waals surface area contributed by atoms with Crippen molar-refractivity contribution in [3.05, 3.63) is 28.8 Å². The Morgan fingerprint density at radius 3 is 2.63 bits per heavy atom. The fourth-order valence-corrected chi connectivity index (χ4v) is 2.88. The normalized spacial score (nSPS) is 18.6. The van der Waals surface area contributed by atoms with E-state index >= 15 is 0 Å². The first-order valence-electron chi connectivity index (χ1n) is 7.53. The summed E-state index contributed by atoms with van der Waals surface area (Å²) < 4.78 is 0. The van der Waals surface area contributed by atoms with Crippen molar-refractivity contribution in [1.29, 1.82) is 0 Å². The summed E-state index contributed by atoms with van der Waals surface area (Å²) >= 11 is 6.51. The van der Waals surface area contributed by atoms with Gasteiger partial charge in [0.05, 0.1) is 10.7 Å². The summed E-state index contributed by atoms with van der Waals surface area (Å²) in [4.78, 5) is 2.55. The summed E-state index contributed by atoms with van der Waals surface area (Å²) in [5.74, 6) is 0.915. The van der Waals surface area contributed by atoms with Crippen LogP contribution in [0.1, 0.15) is 38.2 Å². The zero-order chi connectivity index (χ0) is 13.2. The summed E-state index contributed by atoms with van der Waals surface area (Å²) in [5, 5.41) is 4.26. The molecule has 0 aliphatic heterocycles. The Kier molecular flexibility index (Phi) is 3.99. The number of hydrogen-bond acceptors (Lipinski definition) is 2. The van der Waals surface area contributed by atoms with Gasteiger partial charge in [0.25, 0.3) is 0 Å². The summed E-state index contributed by atoms with van der Waals surface area (Å²) in [7, 11) is 0. The van der Waals surface area contributed by atoms with Gasteiger partial charge in [0, 0.05) is 19.1 Å². The van der Waals surface area contributed by atoms with Gasteiger partial charge in [-0.15, -0.1) is 0 Å². The lowest BCUT2D eigenvalue weighted by Crippen LogP contribution is -2.28. The van der Waals surface area contributed by atoms with Gasteiger partial charge >= 0.3 is 0 Å². The van der Waals surface area contributed by atoms with Gasteiger partial charge in [-0.2, -0.15) is 0 Å². The van der Waals surface area contributed by atoms with Crippen molar-refractivity contribution in [2.24, 2.45) is 5.92 Å². The lowest BCUT2D eigenvalue weighted by molar-refractivity contribution is 0.715. The van der Waals surface area contributed by atoms with Crippen LogP contribution in [0, 0.1) is 5.92 Å². The van der Waals surface area contributed by atoms with Gasteiger partial charge in [-0.1, -0.05) is 24.6 Å². The topological polar surface area (TPSA) is 15.3 Å². The van der Waals surface area contributed by atoms with E-state index in [1.807, 2.05) is 0 Å². The second-order valence-electron chi connectivity index (χ2n) is 5.89. The van der Waals surface area contributed by atoms with E-state index in [1.54, 1.807) is 0 Å². The molecule has 0 heterocycles. The highest BCUT2D eigenvalue weighted by atomic mass is 35.5. The summed E-state index contributed by atoms with van der Waals surface area (Å²) in [5.41, 5.74) is 2.52. The van der Waals surface area contributed by atoms with Crippen molar-refractivity contribution in [3.63, 3.8) is 0 Å². The van der Waals surface area contributed by atoms with Gasteiger partial charge in [-0.25, -0.2) is 0 Å². The van der Waals surface area contributed by atoms with Crippen LogP contribution in [0.3, 0.4) is 0 Å². The minimum absolute atomic E-state index is 0.748. The van der Waals surface area contributed by atoms with Crippen molar-refractivity contribution in [2.75, 3.05) is 18.0 Å². The predicted molar refractivity (Wildman–Crippen MR) is 81.9 cm³/mol. The summed E-state index contributed by atoms with van der Waals surface area (Å²) in [6, 6.07) is 7.31. The van der Waals surface area contributed by atoms with Gasteiger partial charge in [-0.05, 0) is 55.8 Å². The molecule has 2 aliphatic rings. The molecule has 1 aromatic carbocycles. The smallest absolute Gasteiger partial charge is 0.0642 e. The third-order valence-corrected chi connectivity index (χ3v) is 4.34. The third kappa shape index (κ3) is 3.43. The summed E-state index contributed by atoms with van der Waals surface area (Å²) in [6.07, 6.45) is 5.48. The van der Waals surface area contributed by atoms with Crippen LogP contribution in [0.5, 0.6) is 0 Å². The van der Waals surface area contributed by atoms with E-state index in [0.29, 0.717) is 0 Å². The van der Waals surface area contributed by atoms with Gasteiger partial charge in [0.2, 0.25) is 0 Å². The van der Waals surface area contributed by atoms with Gasteiger partial charge in [0.1, 0.15) is 0 Å². The van der Waals surface area contributed by atoms with E-state index < -0.39 is 0 Å². The first kappa shape index (κ1) is 13.3. The second kappa shape index (κ2) is 5.72. The number of rotatable bonds is 7. The Morgan fingerprint density at radius 2 is 2.05 bits per heavy atom. The average Bonchev–Trinajstić information content (AvgIpc) is 3.27. The highest BCUT2D eigenvalue weighted by molar-refractivity contribution is 6.33. The molecule has 3 heteroatoms. The first-order chi connectivity index (χ1) is 9.28. The minimum atomic E-state index is 0.748. The SMILES string of the molecule is CCNCc1ccc(N(CC2CC2)C2CC2)c(Cl)c1. The quantitative estimate of drug-likeness (QED) is 0.815. The molecule has 0 aromatic heterocycles. The largest absolute Gasteiger partial charge is 0.367 e. The molecule has 2 aliphatic carbocycles. The number of anilines is 1. The number of nitrogens with zero attached hydrogens (tertiary/aromatic N) is 1. The third-order valence-electron chi connectivity index (χ3n) is 4.04. The molecule has 3 rings (SSSR count). The lowest BCUT2D eigenvalue weighted by atomic mass is 10.1. The fourth-order valence-electron chi connectivity index (χ4n) is 2.57. The minimum Gasteiger partial charge on any atom is -0.367 e. The molecule has 2 saturated carbocycles. The van der Waals surface area contributed by atoms with Gasteiger partial charge < -0.3 is 10.2 Å². The molecule has 0 unspecified atom stereocenters.